The summed E-state index contributed by atoms with van der Waals surface area (Å²) in [4.78, 5) is 16.0. The molecule has 2 heterocycles. The normalized spacial score (nSPS) is 12.0. The molecule has 2 aromatic heterocycles. The molecule has 0 aliphatic rings. The Morgan fingerprint density at radius 3 is 2.43 bits per heavy atom. The van der Waals surface area contributed by atoms with Gasteiger partial charge in [-0.2, -0.15) is 13.2 Å². The lowest BCUT2D eigenvalue weighted by molar-refractivity contribution is -0.141. The molecule has 2 N–H and O–H groups in total. The molecule has 182 valence electrons. The summed E-state index contributed by atoms with van der Waals surface area (Å²) in [6, 6.07) is 12.5. The Morgan fingerprint density at radius 1 is 1.03 bits per heavy atom. The summed E-state index contributed by atoms with van der Waals surface area (Å²) < 4.78 is 50.8. The third kappa shape index (κ3) is 5.65. The van der Waals surface area contributed by atoms with Gasteiger partial charge in [0.25, 0.3) is 0 Å². The summed E-state index contributed by atoms with van der Waals surface area (Å²) in [6.07, 6.45) is -4.64. The number of hydrogen-bond donors (Lipinski definition) is 2. The van der Waals surface area contributed by atoms with E-state index in [0.717, 1.165) is 6.07 Å². The number of anilines is 2. The highest BCUT2D eigenvalue weighted by molar-refractivity contribution is 6.34. The van der Waals surface area contributed by atoms with Crippen molar-refractivity contribution in [3.8, 4) is 11.5 Å². The molecule has 0 radical (unpaired) electrons. The maximum atomic E-state index is 13.3. The molecule has 0 unspecified atom stereocenters. The average Bonchev–Trinajstić information content (AvgIpc) is 3.24. The van der Waals surface area contributed by atoms with Gasteiger partial charge in [0, 0.05) is 29.0 Å². The largest absolute Gasteiger partial charge is 0.457 e. The highest BCUT2D eigenvalue weighted by Gasteiger charge is 2.33. The van der Waals surface area contributed by atoms with Crippen molar-refractivity contribution < 1.29 is 27.2 Å². The van der Waals surface area contributed by atoms with E-state index in [4.69, 9.17) is 20.9 Å². The van der Waals surface area contributed by atoms with Crippen molar-refractivity contribution in [1.29, 1.82) is 0 Å². The zero-order valence-electron chi connectivity index (χ0n) is 18.8. The number of pyridine rings is 1. The highest BCUT2D eigenvalue weighted by Crippen LogP contribution is 2.37. The third-order valence-corrected chi connectivity index (χ3v) is 5.19. The first-order chi connectivity index (χ1) is 16.4. The van der Waals surface area contributed by atoms with E-state index in [1.165, 1.54) is 24.3 Å². The van der Waals surface area contributed by atoms with Gasteiger partial charge in [-0.25, -0.2) is 9.78 Å². The number of ether oxygens (including phenoxy) is 1. The molecule has 0 atom stereocenters. The van der Waals surface area contributed by atoms with Gasteiger partial charge in [0.15, 0.2) is 5.82 Å². The summed E-state index contributed by atoms with van der Waals surface area (Å²) in [5, 5.41) is 9.45. The summed E-state index contributed by atoms with van der Waals surface area (Å²) in [6.45, 7) is 5.83. The predicted molar refractivity (Wildman–Crippen MR) is 126 cm³/mol. The molecule has 0 aliphatic carbocycles. The molecular weight excluding hydrogens is 485 g/mol. The molecular formula is C24H20ClF3N4O3. The molecule has 2 amide bonds. The number of para-hydroxylation sites is 1. The molecule has 7 nitrogen and oxygen atoms in total. The second-order valence-electron chi connectivity index (χ2n) is 8.67. The van der Waals surface area contributed by atoms with Crippen LogP contribution in [0.2, 0.25) is 5.02 Å². The van der Waals surface area contributed by atoms with E-state index in [0.29, 0.717) is 11.1 Å². The molecule has 0 saturated carbocycles. The summed E-state index contributed by atoms with van der Waals surface area (Å²) >= 11 is 6.28. The van der Waals surface area contributed by atoms with Crippen LogP contribution in [0, 0.1) is 0 Å². The molecule has 0 fully saturated rings. The van der Waals surface area contributed by atoms with Crippen molar-refractivity contribution in [3.05, 3.63) is 71.1 Å². The van der Waals surface area contributed by atoms with Crippen molar-refractivity contribution >= 4 is 40.0 Å². The Labute approximate surface area is 203 Å². The number of carbonyl (C=O) groups is 1. The van der Waals surface area contributed by atoms with E-state index in [-0.39, 0.29) is 39.0 Å². The van der Waals surface area contributed by atoms with Gasteiger partial charge in [0.1, 0.15) is 23.0 Å². The topological polar surface area (TPSA) is 89.3 Å². The second-order valence-corrected chi connectivity index (χ2v) is 9.08. The average molecular weight is 505 g/mol. The van der Waals surface area contributed by atoms with Gasteiger partial charge in [0.2, 0.25) is 0 Å². The molecule has 0 aliphatic heterocycles. The van der Waals surface area contributed by atoms with Crippen molar-refractivity contribution in [2.75, 3.05) is 10.6 Å². The maximum absolute atomic E-state index is 13.3. The lowest BCUT2D eigenvalue weighted by Crippen LogP contribution is -2.19. The first-order valence-corrected chi connectivity index (χ1v) is 10.8. The van der Waals surface area contributed by atoms with Gasteiger partial charge < -0.3 is 14.6 Å². The van der Waals surface area contributed by atoms with Crippen LogP contribution in [0.5, 0.6) is 11.5 Å². The van der Waals surface area contributed by atoms with Crippen LogP contribution in [0.3, 0.4) is 0 Å². The fraction of sp³-hybridized carbons (Fsp3) is 0.208. The molecule has 0 spiro atoms. The fourth-order valence-corrected chi connectivity index (χ4v) is 3.34. The van der Waals surface area contributed by atoms with Crippen molar-refractivity contribution in [2.45, 2.75) is 32.4 Å². The zero-order chi connectivity index (χ0) is 25.4. The number of aromatic nitrogens is 2. The second kappa shape index (κ2) is 9.10. The Morgan fingerprint density at radius 2 is 1.77 bits per heavy atom. The Kier molecular flexibility index (Phi) is 6.33. The summed E-state index contributed by atoms with van der Waals surface area (Å²) in [7, 11) is 0. The number of carbonyl (C=O) groups excluding carboxylic acids is 1. The quantitative estimate of drug-likeness (QED) is 0.298. The van der Waals surface area contributed by atoms with Crippen LogP contribution in [0.1, 0.15) is 32.2 Å². The van der Waals surface area contributed by atoms with Gasteiger partial charge in [-0.05, 0) is 24.3 Å². The minimum atomic E-state index is -4.64. The number of fused-ring (bicyclic) bond motifs is 1. The van der Waals surface area contributed by atoms with Crippen LogP contribution in [0.25, 0.3) is 10.9 Å². The summed E-state index contributed by atoms with van der Waals surface area (Å²) in [5.41, 5.74) is -0.953. The van der Waals surface area contributed by atoms with Crippen molar-refractivity contribution in [1.82, 2.24) is 10.1 Å². The van der Waals surface area contributed by atoms with E-state index in [1.54, 1.807) is 24.3 Å². The fourth-order valence-electron chi connectivity index (χ4n) is 3.12. The molecule has 4 aromatic rings. The van der Waals surface area contributed by atoms with Gasteiger partial charge in [-0.15, -0.1) is 0 Å². The van der Waals surface area contributed by atoms with Crippen LogP contribution < -0.4 is 15.4 Å². The number of nitrogens with zero attached hydrogens (tertiary/aromatic N) is 2. The van der Waals surface area contributed by atoms with Crippen LogP contribution in [-0.2, 0) is 11.6 Å². The van der Waals surface area contributed by atoms with E-state index in [1.807, 2.05) is 20.8 Å². The Bertz CT molecular complexity index is 1400. The number of urea groups is 1. The van der Waals surface area contributed by atoms with E-state index < -0.39 is 17.9 Å². The molecule has 11 heteroatoms. The van der Waals surface area contributed by atoms with Crippen molar-refractivity contribution in [2.24, 2.45) is 0 Å². The number of rotatable bonds is 4. The minimum absolute atomic E-state index is 0.0295. The van der Waals surface area contributed by atoms with Gasteiger partial charge in [-0.3, -0.25) is 5.32 Å². The van der Waals surface area contributed by atoms with Crippen LogP contribution in [0.4, 0.5) is 29.5 Å². The van der Waals surface area contributed by atoms with Crippen LogP contribution in [-0.4, -0.2) is 16.2 Å². The molecule has 2 aromatic carbocycles. The SMILES string of the molecule is CC(C)(C)c1cc(NC(=O)Nc2ccc(Oc3cc(C(F)(F)F)nc4ccccc34)cc2Cl)no1. The van der Waals surface area contributed by atoms with E-state index >= 15 is 0 Å². The molecule has 0 saturated heterocycles. The zero-order valence-corrected chi connectivity index (χ0v) is 19.6. The van der Waals surface area contributed by atoms with E-state index in [9.17, 15) is 18.0 Å². The lowest BCUT2D eigenvalue weighted by atomic mass is 9.93. The molecule has 4 rings (SSSR count). The number of nitrogens with one attached hydrogen (secondary N) is 2. The maximum Gasteiger partial charge on any atom is 0.433 e. The van der Waals surface area contributed by atoms with Crippen LogP contribution in [0.15, 0.2) is 59.1 Å². The number of alkyl halides is 3. The number of hydrogen-bond acceptors (Lipinski definition) is 5. The van der Waals surface area contributed by atoms with E-state index in [2.05, 4.69) is 20.8 Å². The van der Waals surface area contributed by atoms with Gasteiger partial charge in [-0.1, -0.05) is 49.7 Å². The third-order valence-electron chi connectivity index (χ3n) is 4.88. The summed E-state index contributed by atoms with van der Waals surface area (Å²) in [5.74, 6) is 0.980. The minimum Gasteiger partial charge on any atom is -0.457 e. The molecule has 0 bridgehead atoms. The standard InChI is InChI=1S/C24H20ClF3N4O3/c1-23(2,3)20-12-21(32-35-20)31-22(33)30-17-9-8-13(10-15(17)25)34-18-11-19(24(26,27)28)29-16-7-5-4-6-14(16)18/h4-12H,1-3H3,(H2,30,31,32,33). The first kappa shape index (κ1) is 24.3. The molecule has 35 heavy (non-hydrogen) atoms. The Hall–Kier alpha value is -3.79. The Balaban J connectivity index is 1.51. The highest BCUT2D eigenvalue weighted by atomic mass is 35.5. The van der Waals surface area contributed by atoms with Gasteiger partial charge >= 0.3 is 12.2 Å². The number of halogens is 4. The van der Waals surface area contributed by atoms with Crippen LogP contribution >= 0.6 is 11.6 Å². The monoisotopic (exact) mass is 504 g/mol. The van der Waals surface area contributed by atoms with Gasteiger partial charge in [0.05, 0.1) is 16.2 Å². The number of amides is 2. The lowest BCUT2D eigenvalue weighted by Gasteiger charge is -2.14. The predicted octanol–water partition coefficient (Wildman–Crippen LogP) is 7.63. The smallest absolute Gasteiger partial charge is 0.433 e. The number of benzene rings is 2. The van der Waals surface area contributed by atoms with Crippen molar-refractivity contribution in [3.63, 3.8) is 0 Å². The first-order valence-electron chi connectivity index (χ1n) is 10.4.